The van der Waals surface area contributed by atoms with E-state index in [1.807, 2.05) is 13.0 Å². The Labute approximate surface area is 93.6 Å². The quantitative estimate of drug-likeness (QED) is 0.862. The van der Waals surface area contributed by atoms with E-state index in [9.17, 15) is 4.79 Å². The molecule has 0 fully saturated rings. The average molecular weight is 229 g/mol. The van der Waals surface area contributed by atoms with Crippen molar-refractivity contribution < 1.29 is 14.6 Å². The monoisotopic (exact) mass is 228 g/mol. The molecule has 0 heterocycles. The topological polar surface area (TPSA) is 46.5 Å². The molecule has 1 aromatic carbocycles. The van der Waals surface area contributed by atoms with E-state index in [0.29, 0.717) is 10.8 Å². The second kappa shape index (κ2) is 5.03. The first-order valence-electron chi connectivity index (χ1n) is 4.62. The van der Waals surface area contributed by atoms with Gasteiger partial charge in [0.25, 0.3) is 0 Å². The van der Waals surface area contributed by atoms with Gasteiger partial charge in [-0.2, -0.15) is 0 Å². The van der Waals surface area contributed by atoms with Gasteiger partial charge in [0.05, 0.1) is 10.9 Å². The number of aryl methyl sites for hydroxylation is 1. The zero-order valence-corrected chi connectivity index (χ0v) is 9.41. The van der Waals surface area contributed by atoms with E-state index in [0.717, 1.165) is 5.56 Å². The number of carboxylic acids is 1. The highest BCUT2D eigenvalue weighted by Gasteiger charge is 2.12. The molecule has 4 heteroatoms. The standard InChI is InChI=1S/C11H13ClO3/c1-7-3-4-10(9(12)5-7)15-6-8(2)11(13)14/h3-5,8H,6H2,1-2H3,(H,13,14). The third-order valence-electron chi connectivity index (χ3n) is 2.00. The van der Waals surface area contributed by atoms with Crippen LogP contribution < -0.4 is 4.74 Å². The van der Waals surface area contributed by atoms with Crippen LogP contribution in [0.2, 0.25) is 5.02 Å². The van der Waals surface area contributed by atoms with Gasteiger partial charge in [0.15, 0.2) is 0 Å². The Morgan fingerprint density at radius 1 is 1.60 bits per heavy atom. The predicted octanol–water partition coefficient (Wildman–Crippen LogP) is 2.75. The smallest absolute Gasteiger partial charge is 0.309 e. The van der Waals surface area contributed by atoms with Crippen molar-refractivity contribution in [3.63, 3.8) is 0 Å². The molecule has 1 rings (SSSR count). The summed E-state index contributed by atoms with van der Waals surface area (Å²) in [5, 5.41) is 9.17. The van der Waals surface area contributed by atoms with Crippen molar-refractivity contribution in [2.24, 2.45) is 5.92 Å². The molecular formula is C11H13ClO3. The summed E-state index contributed by atoms with van der Waals surface area (Å²) in [6.45, 7) is 3.64. The first kappa shape index (κ1) is 11.9. The molecule has 3 nitrogen and oxygen atoms in total. The Morgan fingerprint density at radius 2 is 2.27 bits per heavy atom. The highest BCUT2D eigenvalue weighted by Crippen LogP contribution is 2.25. The number of carbonyl (C=O) groups is 1. The fourth-order valence-corrected chi connectivity index (χ4v) is 1.30. The van der Waals surface area contributed by atoms with Crippen molar-refractivity contribution in [1.29, 1.82) is 0 Å². The van der Waals surface area contributed by atoms with E-state index in [1.165, 1.54) is 0 Å². The Morgan fingerprint density at radius 3 is 2.80 bits per heavy atom. The van der Waals surface area contributed by atoms with E-state index in [1.54, 1.807) is 19.1 Å². The fourth-order valence-electron chi connectivity index (χ4n) is 1.01. The van der Waals surface area contributed by atoms with E-state index < -0.39 is 11.9 Å². The summed E-state index contributed by atoms with van der Waals surface area (Å²) < 4.78 is 5.30. The van der Waals surface area contributed by atoms with Gasteiger partial charge in [-0.3, -0.25) is 4.79 Å². The normalized spacial score (nSPS) is 12.2. The number of carboxylic acid groups (broad SMARTS) is 1. The molecule has 1 unspecified atom stereocenters. The van der Waals surface area contributed by atoms with Gasteiger partial charge in [-0.15, -0.1) is 0 Å². The second-order valence-electron chi connectivity index (χ2n) is 3.48. The molecule has 1 atom stereocenters. The maximum atomic E-state index is 10.5. The second-order valence-corrected chi connectivity index (χ2v) is 3.89. The Kier molecular flexibility index (Phi) is 3.97. The third-order valence-corrected chi connectivity index (χ3v) is 2.29. The minimum atomic E-state index is -0.877. The van der Waals surface area contributed by atoms with Gasteiger partial charge in [0.2, 0.25) is 0 Å². The zero-order chi connectivity index (χ0) is 11.4. The molecule has 0 saturated heterocycles. The van der Waals surface area contributed by atoms with Crippen molar-refractivity contribution in [2.75, 3.05) is 6.61 Å². The summed E-state index contributed by atoms with van der Waals surface area (Å²) in [5.74, 6) is -0.893. The lowest BCUT2D eigenvalue weighted by molar-refractivity contribution is -0.142. The largest absolute Gasteiger partial charge is 0.491 e. The van der Waals surface area contributed by atoms with Crippen LogP contribution in [0.15, 0.2) is 18.2 Å². The summed E-state index contributed by atoms with van der Waals surface area (Å²) in [7, 11) is 0. The average Bonchev–Trinajstić information content (AvgIpc) is 2.15. The molecule has 0 spiro atoms. The fraction of sp³-hybridized carbons (Fsp3) is 0.364. The van der Waals surface area contributed by atoms with Crippen LogP contribution in [0, 0.1) is 12.8 Å². The molecule has 0 saturated carbocycles. The lowest BCUT2D eigenvalue weighted by atomic mass is 10.2. The lowest BCUT2D eigenvalue weighted by Gasteiger charge is -2.10. The van der Waals surface area contributed by atoms with Crippen molar-refractivity contribution >= 4 is 17.6 Å². The molecule has 0 aliphatic carbocycles. The van der Waals surface area contributed by atoms with E-state index in [-0.39, 0.29) is 6.61 Å². The molecule has 82 valence electrons. The van der Waals surface area contributed by atoms with E-state index in [4.69, 9.17) is 21.4 Å². The van der Waals surface area contributed by atoms with Crippen molar-refractivity contribution in [3.05, 3.63) is 28.8 Å². The molecule has 15 heavy (non-hydrogen) atoms. The molecule has 1 N–H and O–H groups in total. The number of rotatable bonds is 4. The van der Waals surface area contributed by atoms with Gasteiger partial charge in [0.1, 0.15) is 12.4 Å². The molecule has 1 aromatic rings. The first-order chi connectivity index (χ1) is 7.00. The minimum absolute atomic E-state index is 0.123. The maximum Gasteiger partial charge on any atom is 0.309 e. The molecule has 0 aliphatic rings. The third kappa shape index (κ3) is 3.44. The number of aliphatic carboxylic acids is 1. The molecule has 0 aliphatic heterocycles. The summed E-state index contributed by atoms with van der Waals surface area (Å²) in [4.78, 5) is 10.5. The molecule has 0 bridgehead atoms. The van der Waals surface area contributed by atoms with Crippen LogP contribution in [-0.4, -0.2) is 17.7 Å². The number of hydrogen-bond acceptors (Lipinski definition) is 2. The van der Waals surface area contributed by atoms with E-state index in [2.05, 4.69) is 0 Å². The van der Waals surface area contributed by atoms with Gasteiger partial charge in [-0.05, 0) is 31.5 Å². The summed E-state index contributed by atoms with van der Waals surface area (Å²) in [6.07, 6.45) is 0. The summed E-state index contributed by atoms with van der Waals surface area (Å²) in [5.41, 5.74) is 1.04. The highest BCUT2D eigenvalue weighted by atomic mass is 35.5. The number of hydrogen-bond donors (Lipinski definition) is 1. The maximum absolute atomic E-state index is 10.5. The van der Waals surface area contributed by atoms with Crippen LogP contribution in [0.5, 0.6) is 5.75 Å². The Balaban J connectivity index is 2.62. The van der Waals surface area contributed by atoms with Gasteiger partial charge in [0, 0.05) is 0 Å². The van der Waals surface area contributed by atoms with Crippen LogP contribution >= 0.6 is 11.6 Å². The minimum Gasteiger partial charge on any atom is -0.491 e. The van der Waals surface area contributed by atoms with Gasteiger partial charge in [-0.1, -0.05) is 17.7 Å². The van der Waals surface area contributed by atoms with Gasteiger partial charge in [-0.25, -0.2) is 0 Å². The van der Waals surface area contributed by atoms with Crippen LogP contribution in [-0.2, 0) is 4.79 Å². The molecule has 0 aromatic heterocycles. The Hall–Kier alpha value is -1.22. The van der Waals surface area contributed by atoms with Gasteiger partial charge < -0.3 is 9.84 Å². The van der Waals surface area contributed by atoms with Crippen LogP contribution in [0.4, 0.5) is 0 Å². The number of halogens is 1. The first-order valence-corrected chi connectivity index (χ1v) is 5.00. The lowest BCUT2D eigenvalue weighted by Crippen LogP contribution is -2.18. The van der Waals surface area contributed by atoms with Crippen LogP contribution in [0.1, 0.15) is 12.5 Å². The molecule has 0 radical (unpaired) electrons. The SMILES string of the molecule is Cc1ccc(OCC(C)C(=O)O)c(Cl)c1. The number of benzene rings is 1. The van der Waals surface area contributed by atoms with Crippen molar-refractivity contribution in [3.8, 4) is 5.75 Å². The van der Waals surface area contributed by atoms with Crippen molar-refractivity contribution in [2.45, 2.75) is 13.8 Å². The van der Waals surface area contributed by atoms with Crippen LogP contribution in [0.3, 0.4) is 0 Å². The summed E-state index contributed by atoms with van der Waals surface area (Å²) in [6, 6.07) is 5.39. The summed E-state index contributed by atoms with van der Waals surface area (Å²) >= 11 is 5.92. The number of ether oxygens (including phenoxy) is 1. The van der Waals surface area contributed by atoms with E-state index >= 15 is 0 Å². The molecular weight excluding hydrogens is 216 g/mol. The zero-order valence-electron chi connectivity index (χ0n) is 8.66. The highest BCUT2D eigenvalue weighted by molar-refractivity contribution is 6.32. The predicted molar refractivity (Wildman–Crippen MR) is 58.5 cm³/mol. The Bertz CT molecular complexity index is 363. The van der Waals surface area contributed by atoms with Crippen molar-refractivity contribution in [1.82, 2.24) is 0 Å². The van der Waals surface area contributed by atoms with Gasteiger partial charge >= 0.3 is 5.97 Å². The molecule has 0 amide bonds. The van der Waals surface area contributed by atoms with Crippen LogP contribution in [0.25, 0.3) is 0 Å².